The summed E-state index contributed by atoms with van der Waals surface area (Å²) in [5, 5.41) is 0. The van der Waals surface area contributed by atoms with Gasteiger partial charge in [-0.2, -0.15) is 0 Å². The Labute approximate surface area is 173 Å². The van der Waals surface area contributed by atoms with Gasteiger partial charge in [0.2, 0.25) is 0 Å². The van der Waals surface area contributed by atoms with E-state index in [9.17, 15) is 0 Å². The zero-order chi connectivity index (χ0) is 0. The van der Waals surface area contributed by atoms with Crippen molar-refractivity contribution < 1.29 is 0 Å². The van der Waals surface area contributed by atoms with Crippen LogP contribution in [0.5, 0.6) is 0 Å². The quantitative estimate of drug-likeness (QED) is 0.474. The SMILES string of the molecule is [Bi].[K].[K].[K]. The van der Waals surface area contributed by atoms with Crippen molar-refractivity contribution in [3.63, 3.8) is 0 Å². The molecule has 0 spiro atoms. The third kappa shape index (κ3) is 10.7. The third-order valence-electron chi connectivity index (χ3n) is 0. The monoisotopic (exact) mass is 326 g/mol. The van der Waals surface area contributed by atoms with Crippen LogP contribution < -0.4 is 0 Å². The minimum Gasteiger partial charge on any atom is 0 e. The van der Waals surface area contributed by atoms with Crippen molar-refractivity contribution in [1.82, 2.24) is 0 Å². The fraction of sp³-hybridized carbons (Fsp3) is 0. The van der Waals surface area contributed by atoms with E-state index in [1.165, 1.54) is 0 Å². The van der Waals surface area contributed by atoms with Gasteiger partial charge >= 0.3 is 0 Å². The van der Waals surface area contributed by atoms with Crippen molar-refractivity contribution in [2.75, 3.05) is 0 Å². The van der Waals surface area contributed by atoms with E-state index in [1.807, 2.05) is 0 Å². The Morgan fingerprint density at radius 2 is 0.500 bits per heavy atom. The summed E-state index contributed by atoms with van der Waals surface area (Å²) in [4.78, 5) is 0. The topological polar surface area (TPSA) is 0 Å². The maximum atomic E-state index is 0. The van der Waals surface area contributed by atoms with E-state index in [2.05, 4.69) is 0 Å². The Morgan fingerprint density at radius 1 is 0.500 bits per heavy atom. The van der Waals surface area contributed by atoms with Crippen molar-refractivity contribution in [2.45, 2.75) is 0 Å². The van der Waals surface area contributed by atoms with Crippen LogP contribution in [0, 0.1) is 0 Å². The van der Waals surface area contributed by atoms with E-state index in [4.69, 9.17) is 0 Å². The zero-order valence-corrected chi connectivity index (χ0v) is 16.3. The molecule has 6 radical (unpaired) electrons. The third-order valence-corrected chi connectivity index (χ3v) is 0. The minimum atomic E-state index is 0. The second-order valence-electron chi connectivity index (χ2n) is 0. The number of hydrogen-bond donors (Lipinski definition) is 0. The fourth-order valence-corrected chi connectivity index (χ4v) is 0. The average molecular weight is 326 g/mol. The maximum Gasteiger partial charge on any atom is 0 e. The summed E-state index contributed by atoms with van der Waals surface area (Å²) in [6.07, 6.45) is 0. The van der Waals surface area contributed by atoms with Crippen molar-refractivity contribution in [2.24, 2.45) is 0 Å². The van der Waals surface area contributed by atoms with Gasteiger partial charge in [0, 0.05) is 180 Å². The minimum absolute atomic E-state index is 0. The fourth-order valence-electron chi connectivity index (χ4n) is 0. The molecular formula is BiK3. The van der Waals surface area contributed by atoms with Crippen LogP contribution in [0.4, 0.5) is 0 Å². The molecule has 0 nitrogen and oxygen atoms in total. The van der Waals surface area contributed by atoms with Gasteiger partial charge in [-0.3, -0.25) is 0 Å². The van der Waals surface area contributed by atoms with Crippen molar-refractivity contribution in [3.8, 4) is 0 Å². The smallest absolute Gasteiger partial charge is 0 e. The van der Waals surface area contributed by atoms with Gasteiger partial charge in [0.05, 0.1) is 0 Å². The Hall–Kier alpha value is 5.79. The molecule has 4 heavy (non-hydrogen) atoms. The molecule has 0 atom stereocenters. The van der Waals surface area contributed by atoms with Gasteiger partial charge in [0.25, 0.3) is 0 Å². The second-order valence-corrected chi connectivity index (χ2v) is 0. The predicted molar refractivity (Wildman–Crippen MR) is 23.0 cm³/mol. The molecule has 0 saturated heterocycles. The van der Waals surface area contributed by atoms with Crippen LogP contribution in [0.1, 0.15) is 0 Å². The summed E-state index contributed by atoms with van der Waals surface area (Å²) in [6, 6.07) is 0. The molecule has 0 unspecified atom stereocenters. The second kappa shape index (κ2) is 15.9. The van der Waals surface area contributed by atoms with E-state index >= 15 is 0 Å². The number of rotatable bonds is 0. The van der Waals surface area contributed by atoms with Crippen LogP contribution in [0.3, 0.4) is 0 Å². The molecule has 0 heterocycles. The molecule has 0 bridgehead atoms. The number of hydrogen-bond acceptors (Lipinski definition) is 0. The molecule has 0 aliphatic rings. The van der Waals surface area contributed by atoms with Gasteiger partial charge in [-0.05, 0) is 0 Å². The van der Waals surface area contributed by atoms with Crippen molar-refractivity contribution >= 4 is 180 Å². The first-order valence-corrected chi connectivity index (χ1v) is 0. The van der Waals surface area contributed by atoms with Crippen LogP contribution in [0.25, 0.3) is 0 Å². The van der Waals surface area contributed by atoms with Gasteiger partial charge in [0.1, 0.15) is 0 Å². The first kappa shape index (κ1) is 22.6. The molecule has 8 valence electrons. The Kier molecular flexibility index (Phi) is 89.8. The van der Waals surface area contributed by atoms with Crippen molar-refractivity contribution in [3.05, 3.63) is 0 Å². The molecule has 0 N–H and O–H groups in total. The Morgan fingerprint density at radius 3 is 0.500 bits per heavy atom. The van der Waals surface area contributed by atoms with Gasteiger partial charge in [0.15, 0.2) is 0 Å². The Bertz CT molecular complexity index is 3.25. The van der Waals surface area contributed by atoms with Crippen LogP contribution in [0.2, 0.25) is 0 Å². The molecular weight excluding hydrogens is 326 g/mol. The Balaban J connectivity index is 0. The van der Waals surface area contributed by atoms with Crippen LogP contribution in [-0.2, 0) is 0 Å². The van der Waals surface area contributed by atoms with E-state index in [1.54, 1.807) is 0 Å². The molecule has 0 aliphatic carbocycles. The zero-order valence-electron chi connectivity index (χ0n) is 3.45. The molecule has 0 amide bonds. The summed E-state index contributed by atoms with van der Waals surface area (Å²) in [5.41, 5.74) is 0. The molecule has 0 saturated carbocycles. The summed E-state index contributed by atoms with van der Waals surface area (Å²) in [5.74, 6) is 0. The molecule has 0 aromatic rings. The van der Waals surface area contributed by atoms with E-state index in [-0.39, 0.29) is 180 Å². The largest absolute Gasteiger partial charge is 0 e. The van der Waals surface area contributed by atoms with Crippen LogP contribution in [0.15, 0.2) is 0 Å². The molecule has 0 fully saturated rings. The van der Waals surface area contributed by atoms with Gasteiger partial charge in [-0.1, -0.05) is 0 Å². The average Bonchev–Trinajstić information content (AvgIpc) is 0. The normalized spacial score (nSPS) is 0. The van der Waals surface area contributed by atoms with Crippen molar-refractivity contribution in [1.29, 1.82) is 0 Å². The summed E-state index contributed by atoms with van der Waals surface area (Å²) >= 11 is 0. The molecule has 4 heteroatoms. The van der Waals surface area contributed by atoms with Crippen LogP contribution >= 0.6 is 0 Å². The maximum absolute atomic E-state index is 0. The van der Waals surface area contributed by atoms with E-state index in [0.29, 0.717) is 0 Å². The first-order valence-electron chi connectivity index (χ1n) is 0. The first-order chi connectivity index (χ1) is 0. The van der Waals surface area contributed by atoms with Crippen LogP contribution in [-0.4, -0.2) is 180 Å². The van der Waals surface area contributed by atoms with Gasteiger partial charge in [-0.25, -0.2) is 0 Å². The molecule has 0 aromatic carbocycles. The predicted octanol–water partition coefficient (Wildman–Crippen LogP) is -1.52. The van der Waals surface area contributed by atoms with Gasteiger partial charge in [-0.15, -0.1) is 0 Å². The van der Waals surface area contributed by atoms with Gasteiger partial charge < -0.3 is 0 Å². The standard InChI is InChI=1S/Bi.3K. The van der Waals surface area contributed by atoms with E-state index in [0.717, 1.165) is 0 Å². The molecule has 0 aliphatic heterocycles. The molecule has 0 rings (SSSR count). The summed E-state index contributed by atoms with van der Waals surface area (Å²) < 4.78 is 0. The molecule has 0 aromatic heterocycles. The van der Waals surface area contributed by atoms with E-state index < -0.39 is 0 Å². The summed E-state index contributed by atoms with van der Waals surface area (Å²) in [6.45, 7) is 0. The summed E-state index contributed by atoms with van der Waals surface area (Å²) in [7, 11) is 0.